The van der Waals surface area contributed by atoms with E-state index in [0.29, 0.717) is 12.3 Å². The van der Waals surface area contributed by atoms with E-state index in [1.807, 2.05) is 11.8 Å². The number of aliphatic hydroxyl groups is 1. The average Bonchev–Trinajstić information content (AvgIpc) is 2.29. The number of amides is 1. The summed E-state index contributed by atoms with van der Waals surface area (Å²) in [6, 6.07) is -0.00859. The third kappa shape index (κ3) is 4.10. The number of hydrogen-bond acceptors (Lipinski definition) is 3. The fourth-order valence-corrected chi connectivity index (χ4v) is 2.21. The molecule has 1 amide bonds. The zero-order chi connectivity index (χ0) is 12.0. The summed E-state index contributed by atoms with van der Waals surface area (Å²) in [6.45, 7) is 3.89. The van der Waals surface area contributed by atoms with Gasteiger partial charge in [-0.05, 0) is 31.6 Å². The maximum Gasteiger partial charge on any atom is 0.224 e. The highest BCUT2D eigenvalue weighted by Crippen LogP contribution is 2.20. The minimum Gasteiger partial charge on any atom is -0.396 e. The van der Waals surface area contributed by atoms with Crippen LogP contribution in [-0.4, -0.2) is 41.7 Å². The molecular weight excluding hydrogens is 204 g/mol. The van der Waals surface area contributed by atoms with Crippen molar-refractivity contribution in [2.75, 3.05) is 19.7 Å². The monoisotopic (exact) mass is 228 g/mol. The Morgan fingerprint density at radius 3 is 3.00 bits per heavy atom. The molecular formula is C12H24N2O2. The van der Waals surface area contributed by atoms with Gasteiger partial charge in [0.25, 0.3) is 0 Å². The highest BCUT2D eigenvalue weighted by atomic mass is 16.3. The van der Waals surface area contributed by atoms with Gasteiger partial charge >= 0.3 is 0 Å². The molecule has 16 heavy (non-hydrogen) atoms. The van der Waals surface area contributed by atoms with E-state index in [4.69, 9.17) is 10.8 Å². The van der Waals surface area contributed by atoms with Crippen LogP contribution in [0, 0.1) is 5.92 Å². The van der Waals surface area contributed by atoms with Gasteiger partial charge in [0, 0.05) is 32.2 Å². The van der Waals surface area contributed by atoms with E-state index in [0.717, 1.165) is 38.8 Å². The smallest absolute Gasteiger partial charge is 0.224 e. The van der Waals surface area contributed by atoms with E-state index in [9.17, 15) is 4.79 Å². The first-order valence-electron chi connectivity index (χ1n) is 6.31. The highest BCUT2D eigenvalue weighted by molar-refractivity contribution is 5.76. The first-order chi connectivity index (χ1) is 7.67. The Morgan fingerprint density at radius 1 is 1.62 bits per heavy atom. The van der Waals surface area contributed by atoms with Crippen LogP contribution in [0.2, 0.25) is 0 Å². The molecule has 0 radical (unpaired) electrons. The van der Waals surface area contributed by atoms with E-state index >= 15 is 0 Å². The Morgan fingerprint density at radius 2 is 2.38 bits per heavy atom. The topological polar surface area (TPSA) is 66.6 Å². The van der Waals surface area contributed by atoms with Crippen molar-refractivity contribution in [1.29, 1.82) is 0 Å². The summed E-state index contributed by atoms with van der Waals surface area (Å²) in [5.41, 5.74) is 5.79. The number of likely N-dealkylation sites (tertiary alicyclic amines) is 1. The summed E-state index contributed by atoms with van der Waals surface area (Å²) >= 11 is 0. The van der Waals surface area contributed by atoms with Crippen molar-refractivity contribution >= 4 is 5.91 Å². The molecule has 1 saturated heterocycles. The Hall–Kier alpha value is -0.610. The molecule has 3 N–H and O–H groups in total. The number of carbonyl (C=O) groups is 1. The van der Waals surface area contributed by atoms with E-state index in [1.165, 1.54) is 0 Å². The van der Waals surface area contributed by atoms with Gasteiger partial charge in [0.1, 0.15) is 0 Å². The van der Waals surface area contributed by atoms with Crippen molar-refractivity contribution in [3.63, 3.8) is 0 Å². The molecule has 2 unspecified atom stereocenters. The predicted octanol–water partition coefficient (Wildman–Crippen LogP) is 0.735. The van der Waals surface area contributed by atoms with Crippen LogP contribution in [0.15, 0.2) is 0 Å². The molecule has 0 saturated carbocycles. The highest BCUT2D eigenvalue weighted by Gasteiger charge is 2.23. The molecule has 0 aromatic heterocycles. The number of rotatable bonds is 5. The largest absolute Gasteiger partial charge is 0.396 e. The van der Waals surface area contributed by atoms with E-state index in [2.05, 4.69) is 0 Å². The lowest BCUT2D eigenvalue weighted by Gasteiger charge is -2.33. The first kappa shape index (κ1) is 13.5. The number of carbonyl (C=O) groups excluding carboxylic acids is 1. The van der Waals surface area contributed by atoms with Crippen molar-refractivity contribution in [3.05, 3.63) is 0 Å². The van der Waals surface area contributed by atoms with Crippen LogP contribution in [-0.2, 0) is 4.79 Å². The minimum atomic E-state index is -0.00859. The number of nitrogens with zero attached hydrogens (tertiary/aromatic N) is 1. The van der Waals surface area contributed by atoms with Gasteiger partial charge in [0.15, 0.2) is 0 Å². The first-order valence-corrected chi connectivity index (χ1v) is 6.31. The predicted molar refractivity (Wildman–Crippen MR) is 63.9 cm³/mol. The molecule has 1 aliphatic heterocycles. The molecule has 1 heterocycles. The van der Waals surface area contributed by atoms with E-state index < -0.39 is 0 Å². The fourth-order valence-electron chi connectivity index (χ4n) is 2.21. The third-order valence-corrected chi connectivity index (χ3v) is 3.37. The Balaban J connectivity index is 2.37. The molecule has 0 aliphatic carbocycles. The lowest BCUT2D eigenvalue weighted by Crippen LogP contribution is -2.42. The molecule has 0 aromatic rings. The molecule has 2 atom stereocenters. The van der Waals surface area contributed by atoms with Crippen LogP contribution in [0.3, 0.4) is 0 Å². The average molecular weight is 228 g/mol. The second-order valence-electron chi connectivity index (χ2n) is 4.73. The summed E-state index contributed by atoms with van der Waals surface area (Å²) in [4.78, 5) is 13.8. The van der Waals surface area contributed by atoms with Crippen LogP contribution >= 0.6 is 0 Å². The van der Waals surface area contributed by atoms with Gasteiger partial charge in [-0.2, -0.15) is 0 Å². The fraction of sp³-hybridized carbons (Fsp3) is 0.917. The number of piperidine rings is 1. The van der Waals surface area contributed by atoms with E-state index in [1.54, 1.807) is 0 Å². The zero-order valence-corrected chi connectivity index (χ0v) is 10.2. The molecule has 1 aliphatic rings. The summed E-state index contributed by atoms with van der Waals surface area (Å²) in [7, 11) is 0. The normalized spacial score (nSPS) is 23.2. The molecule has 4 heteroatoms. The maximum absolute atomic E-state index is 11.9. The number of nitrogens with two attached hydrogens (primary N) is 1. The van der Waals surface area contributed by atoms with Gasteiger partial charge in [-0.1, -0.05) is 6.92 Å². The quantitative estimate of drug-likeness (QED) is 0.729. The summed E-state index contributed by atoms with van der Waals surface area (Å²) < 4.78 is 0. The van der Waals surface area contributed by atoms with Crippen molar-refractivity contribution in [2.24, 2.45) is 11.7 Å². The lowest BCUT2D eigenvalue weighted by atomic mass is 9.94. The summed E-state index contributed by atoms with van der Waals surface area (Å²) in [5.74, 6) is 0.651. The molecule has 0 bridgehead atoms. The maximum atomic E-state index is 11.9. The van der Waals surface area contributed by atoms with Gasteiger partial charge in [0.2, 0.25) is 5.91 Å². The minimum absolute atomic E-state index is 0.00859. The number of hydrogen-bond donors (Lipinski definition) is 2. The van der Waals surface area contributed by atoms with Crippen LogP contribution in [0.25, 0.3) is 0 Å². The van der Waals surface area contributed by atoms with Crippen molar-refractivity contribution in [3.8, 4) is 0 Å². The Labute approximate surface area is 97.8 Å². The lowest BCUT2D eigenvalue weighted by molar-refractivity contribution is -0.133. The van der Waals surface area contributed by atoms with Crippen LogP contribution in [0.1, 0.15) is 39.0 Å². The molecule has 1 fully saturated rings. The second-order valence-corrected chi connectivity index (χ2v) is 4.73. The van der Waals surface area contributed by atoms with Gasteiger partial charge in [0.05, 0.1) is 0 Å². The van der Waals surface area contributed by atoms with Crippen LogP contribution < -0.4 is 5.73 Å². The molecule has 0 spiro atoms. The molecule has 4 nitrogen and oxygen atoms in total. The summed E-state index contributed by atoms with van der Waals surface area (Å²) in [5, 5.41) is 8.90. The van der Waals surface area contributed by atoms with Gasteiger partial charge < -0.3 is 15.7 Å². The van der Waals surface area contributed by atoms with Crippen LogP contribution in [0.4, 0.5) is 0 Å². The standard InChI is InChI=1S/C12H24N2O2/c1-2-11(13)8-12(16)14-6-3-4-10(9-14)5-7-15/h10-11,15H,2-9,13H2,1H3. The SMILES string of the molecule is CCC(N)CC(=O)N1CCCC(CCO)C1. The Bertz CT molecular complexity index is 219. The molecule has 1 rings (SSSR count). The molecule has 94 valence electrons. The third-order valence-electron chi connectivity index (χ3n) is 3.37. The van der Waals surface area contributed by atoms with Crippen molar-refractivity contribution < 1.29 is 9.90 Å². The van der Waals surface area contributed by atoms with Gasteiger partial charge in [-0.25, -0.2) is 0 Å². The van der Waals surface area contributed by atoms with E-state index in [-0.39, 0.29) is 18.6 Å². The molecule has 0 aromatic carbocycles. The Kier molecular flexibility index (Phi) is 5.77. The summed E-state index contributed by atoms with van der Waals surface area (Å²) in [6.07, 6.45) is 4.30. The van der Waals surface area contributed by atoms with Gasteiger partial charge in [-0.3, -0.25) is 4.79 Å². The van der Waals surface area contributed by atoms with Gasteiger partial charge in [-0.15, -0.1) is 0 Å². The van der Waals surface area contributed by atoms with Crippen molar-refractivity contribution in [1.82, 2.24) is 4.90 Å². The second kappa shape index (κ2) is 6.86. The van der Waals surface area contributed by atoms with Crippen molar-refractivity contribution in [2.45, 2.75) is 45.1 Å². The zero-order valence-electron chi connectivity index (χ0n) is 10.2. The number of aliphatic hydroxyl groups excluding tert-OH is 1. The van der Waals surface area contributed by atoms with Crippen LogP contribution in [0.5, 0.6) is 0 Å².